The van der Waals surface area contributed by atoms with E-state index in [-0.39, 0.29) is 11.7 Å². The molecular weight excluding hydrogens is 422 g/mol. The lowest BCUT2D eigenvalue weighted by Gasteiger charge is -2.23. The van der Waals surface area contributed by atoms with Crippen LogP contribution in [-0.2, 0) is 11.3 Å². The summed E-state index contributed by atoms with van der Waals surface area (Å²) in [6.07, 6.45) is 0. The fraction of sp³-hybridized carbons (Fsp3) is 0.167. The van der Waals surface area contributed by atoms with Crippen LogP contribution in [0.25, 0.3) is 5.69 Å². The summed E-state index contributed by atoms with van der Waals surface area (Å²) in [6.45, 7) is 2.51. The molecule has 0 radical (unpaired) electrons. The maximum atomic E-state index is 13.3. The van der Waals surface area contributed by atoms with E-state index in [0.717, 1.165) is 22.5 Å². The number of anilines is 1. The number of aromatic nitrogens is 4. The van der Waals surface area contributed by atoms with Crippen LogP contribution in [0.3, 0.4) is 0 Å². The van der Waals surface area contributed by atoms with Crippen molar-refractivity contribution in [1.82, 2.24) is 20.2 Å². The van der Waals surface area contributed by atoms with E-state index in [9.17, 15) is 4.79 Å². The fourth-order valence-corrected chi connectivity index (χ4v) is 4.07. The second kappa shape index (κ2) is 10.1. The molecule has 0 aliphatic rings. The van der Waals surface area contributed by atoms with Gasteiger partial charge in [-0.3, -0.25) is 4.79 Å². The molecule has 0 bridgehead atoms. The van der Waals surface area contributed by atoms with Crippen LogP contribution in [0.15, 0.2) is 84.0 Å². The van der Waals surface area contributed by atoms with E-state index in [1.807, 2.05) is 85.8 Å². The fourth-order valence-electron chi connectivity index (χ4n) is 3.31. The van der Waals surface area contributed by atoms with Crippen molar-refractivity contribution >= 4 is 23.4 Å². The predicted octanol–water partition coefficient (Wildman–Crippen LogP) is 4.30. The van der Waals surface area contributed by atoms with Gasteiger partial charge in [-0.05, 0) is 52.7 Å². The highest BCUT2D eigenvalue weighted by atomic mass is 32.2. The smallest absolute Gasteiger partial charge is 0.237 e. The predicted molar refractivity (Wildman–Crippen MR) is 125 cm³/mol. The van der Waals surface area contributed by atoms with Crippen LogP contribution in [0, 0.1) is 6.92 Å². The van der Waals surface area contributed by atoms with Gasteiger partial charge < -0.3 is 9.64 Å². The number of methoxy groups -OCH3 is 1. The van der Waals surface area contributed by atoms with Crippen molar-refractivity contribution in [3.8, 4) is 11.4 Å². The molecule has 4 rings (SSSR count). The average molecular weight is 446 g/mol. The highest BCUT2D eigenvalue weighted by molar-refractivity contribution is 7.99. The third kappa shape index (κ3) is 4.97. The Balaban J connectivity index is 1.55. The summed E-state index contributed by atoms with van der Waals surface area (Å²) in [5, 5.41) is 12.5. The number of aryl methyl sites for hydroxylation is 1. The molecule has 0 aliphatic carbocycles. The summed E-state index contributed by atoms with van der Waals surface area (Å²) in [7, 11) is 1.60. The lowest BCUT2D eigenvalue weighted by Crippen LogP contribution is -2.32. The number of ether oxygens (including phenoxy) is 1. The van der Waals surface area contributed by atoms with Gasteiger partial charge in [-0.15, -0.1) is 5.10 Å². The first-order chi connectivity index (χ1) is 15.7. The third-order valence-electron chi connectivity index (χ3n) is 4.88. The van der Waals surface area contributed by atoms with Gasteiger partial charge in [0.05, 0.1) is 19.4 Å². The van der Waals surface area contributed by atoms with Crippen molar-refractivity contribution < 1.29 is 9.53 Å². The van der Waals surface area contributed by atoms with Gasteiger partial charge in [0.1, 0.15) is 11.4 Å². The molecule has 1 aromatic heterocycles. The average Bonchev–Trinajstić information content (AvgIpc) is 3.30. The number of carbonyl (C=O) groups excluding carboxylic acids is 1. The highest BCUT2D eigenvalue weighted by Gasteiger charge is 2.20. The molecule has 0 unspecified atom stereocenters. The van der Waals surface area contributed by atoms with Crippen LogP contribution in [0.1, 0.15) is 11.1 Å². The molecule has 0 atom stereocenters. The number of hydrogen-bond acceptors (Lipinski definition) is 6. The SMILES string of the molecule is COc1ccccc1-n1nnnc1SCC(=O)N(Cc1ccccc1)c1cccc(C)c1. The minimum Gasteiger partial charge on any atom is -0.494 e. The number of nitrogens with zero attached hydrogens (tertiary/aromatic N) is 5. The van der Waals surface area contributed by atoms with E-state index < -0.39 is 0 Å². The topological polar surface area (TPSA) is 73.1 Å². The van der Waals surface area contributed by atoms with Gasteiger partial charge in [-0.25, -0.2) is 0 Å². The Morgan fingerprint density at radius 2 is 1.81 bits per heavy atom. The number of amides is 1. The summed E-state index contributed by atoms with van der Waals surface area (Å²) in [5.74, 6) is 0.813. The maximum Gasteiger partial charge on any atom is 0.237 e. The van der Waals surface area contributed by atoms with Crippen molar-refractivity contribution in [3.05, 3.63) is 90.0 Å². The number of tetrazole rings is 1. The number of hydrogen-bond donors (Lipinski definition) is 0. The lowest BCUT2D eigenvalue weighted by atomic mass is 10.1. The highest BCUT2D eigenvalue weighted by Crippen LogP contribution is 2.27. The third-order valence-corrected chi connectivity index (χ3v) is 5.78. The Morgan fingerprint density at radius 1 is 1.03 bits per heavy atom. The van der Waals surface area contributed by atoms with E-state index in [4.69, 9.17) is 4.74 Å². The quantitative estimate of drug-likeness (QED) is 0.377. The summed E-state index contributed by atoms with van der Waals surface area (Å²) < 4.78 is 7.01. The summed E-state index contributed by atoms with van der Waals surface area (Å²) in [5.41, 5.74) is 3.74. The minimum atomic E-state index is -0.0287. The van der Waals surface area contributed by atoms with Crippen LogP contribution in [-0.4, -0.2) is 39.0 Å². The van der Waals surface area contributed by atoms with Gasteiger partial charge in [0, 0.05) is 5.69 Å². The molecule has 0 spiro atoms. The molecule has 0 aliphatic heterocycles. The molecule has 0 N–H and O–H groups in total. The van der Waals surface area contributed by atoms with Gasteiger partial charge in [0.25, 0.3) is 0 Å². The molecule has 0 saturated carbocycles. The van der Waals surface area contributed by atoms with E-state index in [1.54, 1.807) is 16.7 Å². The normalized spacial score (nSPS) is 10.7. The number of benzene rings is 3. The van der Waals surface area contributed by atoms with Gasteiger partial charge in [0.2, 0.25) is 11.1 Å². The molecule has 32 heavy (non-hydrogen) atoms. The Hall–Kier alpha value is -3.65. The molecular formula is C24H23N5O2S. The number of para-hydroxylation sites is 2. The van der Waals surface area contributed by atoms with E-state index in [2.05, 4.69) is 15.5 Å². The zero-order chi connectivity index (χ0) is 22.3. The first kappa shape index (κ1) is 21.6. The first-order valence-electron chi connectivity index (χ1n) is 10.1. The molecule has 3 aromatic carbocycles. The molecule has 1 heterocycles. The number of rotatable bonds is 8. The van der Waals surface area contributed by atoms with Gasteiger partial charge in [-0.2, -0.15) is 4.68 Å². The molecule has 0 saturated heterocycles. The van der Waals surface area contributed by atoms with Gasteiger partial charge in [0.15, 0.2) is 0 Å². The summed E-state index contributed by atoms with van der Waals surface area (Å²) >= 11 is 1.29. The molecule has 162 valence electrons. The largest absolute Gasteiger partial charge is 0.494 e. The Bertz CT molecular complexity index is 1200. The van der Waals surface area contributed by atoms with E-state index >= 15 is 0 Å². The van der Waals surface area contributed by atoms with Crippen LogP contribution in [0.2, 0.25) is 0 Å². The molecule has 1 amide bonds. The maximum absolute atomic E-state index is 13.3. The Morgan fingerprint density at radius 3 is 2.59 bits per heavy atom. The van der Waals surface area contributed by atoms with Gasteiger partial charge >= 0.3 is 0 Å². The van der Waals surface area contributed by atoms with Crippen LogP contribution >= 0.6 is 11.8 Å². The van der Waals surface area contributed by atoms with Crippen molar-refractivity contribution in [2.24, 2.45) is 0 Å². The number of thioether (sulfide) groups is 1. The summed E-state index contributed by atoms with van der Waals surface area (Å²) in [6, 6.07) is 25.4. The van der Waals surface area contributed by atoms with Crippen LogP contribution in [0.4, 0.5) is 5.69 Å². The van der Waals surface area contributed by atoms with Crippen molar-refractivity contribution in [1.29, 1.82) is 0 Å². The van der Waals surface area contributed by atoms with Crippen molar-refractivity contribution in [3.63, 3.8) is 0 Å². The zero-order valence-electron chi connectivity index (χ0n) is 17.9. The molecule has 4 aromatic rings. The van der Waals surface area contributed by atoms with Crippen molar-refractivity contribution in [2.45, 2.75) is 18.6 Å². The van der Waals surface area contributed by atoms with Crippen molar-refractivity contribution in [2.75, 3.05) is 17.8 Å². The van der Waals surface area contributed by atoms with E-state index in [1.165, 1.54) is 11.8 Å². The Labute approximate surface area is 191 Å². The minimum absolute atomic E-state index is 0.0287. The molecule has 0 fully saturated rings. The second-order valence-electron chi connectivity index (χ2n) is 7.14. The number of carbonyl (C=O) groups is 1. The molecule has 7 nitrogen and oxygen atoms in total. The second-order valence-corrected chi connectivity index (χ2v) is 8.08. The standard InChI is InChI=1S/C24H23N5O2S/c1-18-9-8-12-20(15-18)28(16-19-10-4-3-5-11-19)23(30)17-32-24-25-26-27-29(24)21-13-6-7-14-22(21)31-2/h3-15H,16-17H2,1-2H3. The zero-order valence-corrected chi connectivity index (χ0v) is 18.7. The first-order valence-corrected chi connectivity index (χ1v) is 11.1. The van der Waals surface area contributed by atoms with Crippen LogP contribution in [0.5, 0.6) is 5.75 Å². The van der Waals surface area contributed by atoms with E-state index in [0.29, 0.717) is 17.5 Å². The Kier molecular flexibility index (Phi) is 6.81. The molecule has 8 heteroatoms. The lowest BCUT2D eigenvalue weighted by molar-refractivity contribution is -0.116. The van der Waals surface area contributed by atoms with Gasteiger partial charge in [-0.1, -0.05) is 66.4 Å². The summed E-state index contributed by atoms with van der Waals surface area (Å²) in [4.78, 5) is 15.1. The monoisotopic (exact) mass is 445 g/mol. The van der Waals surface area contributed by atoms with Crippen LogP contribution < -0.4 is 9.64 Å².